The van der Waals surface area contributed by atoms with Crippen molar-refractivity contribution < 1.29 is 13.0 Å². The molecule has 0 aliphatic rings. The largest absolute Gasteiger partial charge is 0.295 e. The number of hydrogen-bond donors (Lipinski definition) is 1. The predicted molar refractivity (Wildman–Crippen MR) is 69.1 cm³/mol. The van der Waals surface area contributed by atoms with Gasteiger partial charge in [-0.25, -0.2) is 0 Å². The number of fused-ring (bicyclic) bond motifs is 2. The second kappa shape index (κ2) is 3.53. The number of thiophene rings is 1. The molecule has 0 bridgehead atoms. The Bertz CT molecular complexity index is 816. The van der Waals surface area contributed by atoms with Gasteiger partial charge in [0.2, 0.25) is 0 Å². The van der Waals surface area contributed by atoms with Crippen molar-refractivity contribution in [2.75, 3.05) is 0 Å². The summed E-state index contributed by atoms with van der Waals surface area (Å²) in [5, 5.41) is 7.39. The maximum absolute atomic E-state index is 11.3. The van der Waals surface area contributed by atoms with Gasteiger partial charge in [0.05, 0.1) is 0 Å². The second-order valence-electron chi connectivity index (χ2n) is 3.81. The van der Waals surface area contributed by atoms with Gasteiger partial charge < -0.3 is 0 Å². The Morgan fingerprint density at radius 2 is 1.71 bits per heavy atom. The zero-order valence-electron chi connectivity index (χ0n) is 8.62. The molecule has 1 N–H and O–H groups in total. The topological polar surface area (TPSA) is 54.4 Å². The van der Waals surface area contributed by atoms with E-state index in [4.69, 9.17) is 0 Å². The van der Waals surface area contributed by atoms with Crippen molar-refractivity contribution in [1.82, 2.24) is 0 Å². The molecule has 1 heterocycles. The summed E-state index contributed by atoms with van der Waals surface area (Å²) in [7, 11) is -4.18. The molecule has 0 aliphatic carbocycles. The van der Waals surface area contributed by atoms with E-state index in [1.54, 1.807) is 23.5 Å². The molecule has 0 saturated heterocycles. The Labute approximate surface area is 102 Å². The molecule has 0 saturated carbocycles. The third-order valence-corrected chi connectivity index (χ3v) is 4.40. The maximum Gasteiger partial charge on any atom is 0.295 e. The van der Waals surface area contributed by atoms with Gasteiger partial charge in [0.1, 0.15) is 4.90 Å². The first kappa shape index (κ1) is 10.7. The van der Waals surface area contributed by atoms with Crippen molar-refractivity contribution in [3.8, 4) is 0 Å². The van der Waals surface area contributed by atoms with E-state index in [-0.39, 0.29) is 4.90 Å². The third-order valence-electron chi connectivity index (χ3n) is 2.71. The van der Waals surface area contributed by atoms with Gasteiger partial charge >= 0.3 is 0 Å². The Kier molecular flexibility index (Phi) is 2.22. The van der Waals surface area contributed by atoms with Gasteiger partial charge in [-0.3, -0.25) is 4.55 Å². The molecular weight excluding hydrogens is 256 g/mol. The molecule has 0 fully saturated rings. The zero-order chi connectivity index (χ0) is 12.0. The van der Waals surface area contributed by atoms with E-state index in [1.807, 2.05) is 22.9 Å². The van der Waals surface area contributed by atoms with Crippen LogP contribution >= 0.6 is 11.3 Å². The molecule has 86 valence electrons. The summed E-state index contributed by atoms with van der Waals surface area (Å²) >= 11 is 1.56. The fraction of sp³-hybridized carbons (Fsp3) is 0. The molecule has 0 radical (unpaired) electrons. The normalized spacial score (nSPS) is 12.3. The van der Waals surface area contributed by atoms with E-state index >= 15 is 0 Å². The van der Waals surface area contributed by atoms with Crippen molar-refractivity contribution in [1.29, 1.82) is 0 Å². The molecule has 0 aliphatic heterocycles. The lowest BCUT2D eigenvalue weighted by atomic mass is 10.1. The van der Waals surface area contributed by atoms with E-state index in [2.05, 4.69) is 0 Å². The first-order chi connectivity index (χ1) is 8.05. The van der Waals surface area contributed by atoms with Gasteiger partial charge in [0, 0.05) is 5.39 Å². The molecule has 3 aromatic rings. The minimum Gasteiger partial charge on any atom is -0.282 e. The van der Waals surface area contributed by atoms with E-state index < -0.39 is 10.1 Å². The maximum atomic E-state index is 11.3. The SMILES string of the molecule is O=S(=O)(O)c1cccc2cc3cscc3cc12. The quantitative estimate of drug-likeness (QED) is 0.686. The van der Waals surface area contributed by atoms with Crippen molar-refractivity contribution in [3.63, 3.8) is 0 Å². The lowest BCUT2D eigenvalue weighted by Gasteiger charge is -2.04. The van der Waals surface area contributed by atoms with Crippen LogP contribution < -0.4 is 0 Å². The Balaban J connectivity index is 2.53. The van der Waals surface area contributed by atoms with E-state index in [0.717, 1.165) is 16.2 Å². The average molecular weight is 264 g/mol. The summed E-state index contributed by atoms with van der Waals surface area (Å²) in [6, 6.07) is 8.60. The molecule has 0 spiro atoms. The van der Waals surface area contributed by atoms with Crippen molar-refractivity contribution in [2.45, 2.75) is 4.90 Å². The van der Waals surface area contributed by atoms with Crippen LogP contribution in [0.3, 0.4) is 0 Å². The molecule has 5 heteroatoms. The summed E-state index contributed by atoms with van der Waals surface area (Å²) in [5.41, 5.74) is 0. The Morgan fingerprint density at radius 1 is 1.00 bits per heavy atom. The molecule has 3 nitrogen and oxygen atoms in total. The Hall–Kier alpha value is -1.43. The summed E-state index contributed by atoms with van der Waals surface area (Å²) in [6.07, 6.45) is 0. The standard InChI is InChI=1S/C12H8O3S2/c13-17(14,15)12-3-1-2-8-4-9-6-16-7-10(9)5-11(8)12/h1-7H,(H,13,14,15). The van der Waals surface area contributed by atoms with Crippen LogP contribution in [0.4, 0.5) is 0 Å². The first-order valence-corrected chi connectivity index (χ1v) is 7.30. The van der Waals surface area contributed by atoms with E-state index in [9.17, 15) is 13.0 Å². The highest BCUT2D eigenvalue weighted by atomic mass is 32.2. The van der Waals surface area contributed by atoms with Crippen LogP contribution in [0.1, 0.15) is 0 Å². The number of rotatable bonds is 1. The smallest absolute Gasteiger partial charge is 0.282 e. The van der Waals surface area contributed by atoms with Gasteiger partial charge in [-0.15, -0.1) is 0 Å². The molecule has 0 unspecified atom stereocenters. The van der Waals surface area contributed by atoms with Crippen LogP contribution in [0.5, 0.6) is 0 Å². The molecule has 17 heavy (non-hydrogen) atoms. The summed E-state index contributed by atoms with van der Waals surface area (Å²) < 4.78 is 31.7. The minimum absolute atomic E-state index is 0.0388. The van der Waals surface area contributed by atoms with Gasteiger partial charge in [0.15, 0.2) is 0 Å². The summed E-state index contributed by atoms with van der Waals surface area (Å²) in [5.74, 6) is 0. The van der Waals surface area contributed by atoms with Crippen LogP contribution in [0.25, 0.3) is 21.5 Å². The molecule has 0 atom stereocenters. The van der Waals surface area contributed by atoms with Gasteiger partial charge in [-0.2, -0.15) is 19.8 Å². The first-order valence-electron chi connectivity index (χ1n) is 4.92. The monoisotopic (exact) mass is 264 g/mol. The lowest BCUT2D eigenvalue weighted by Crippen LogP contribution is -1.98. The zero-order valence-corrected chi connectivity index (χ0v) is 10.3. The van der Waals surface area contributed by atoms with Crippen LogP contribution in [0.2, 0.25) is 0 Å². The van der Waals surface area contributed by atoms with Gasteiger partial charge in [-0.1, -0.05) is 12.1 Å². The van der Waals surface area contributed by atoms with Crippen LogP contribution in [0.15, 0.2) is 46.0 Å². The van der Waals surface area contributed by atoms with Crippen molar-refractivity contribution >= 4 is 43.0 Å². The molecule has 0 amide bonds. The highest BCUT2D eigenvalue weighted by molar-refractivity contribution is 7.86. The Morgan fingerprint density at radius 3 is 2.41 bits per heavy atom. The minimum atomic E-state index is -4.18. The van der Waals surface area contributed by atoms with Gasteiger partial charge in [0.25, 0.3) is 10.1 Å². The molecule has 1 aromatic heterocycles. The molecular formula is C12H8O3S2. The highest BCUT2D eigenvalue weighted by Gasteiger charge is 2.13. The predicted octanol–water partition coefficient (Wildman–Crippen LogP) is 3.30. The van der Waals surface area contributed by atoms with Crippen molar-refractivity contribution in [2.24, 2.45) is 0 Å². The van der Waals surface area contributed by atoms with Crippen LogP contribution in [-0.2, 0) is 10.1 Å². The fourth-order valence-electron chi connectivity index (χ4n) is 1.94. The average Bonchev–Trinajstić information content (AvgIpc) is 2.70. The number of hydrogen-bond acceptors (Lipinski definition) is 3. The summed E-state index contributed by atoms with van der Waals surface area (Å²) in [6.45, 7) is 0. The highest BCUT2D eigenvalue weighted by Crippen LogP contribution is 2.29. The molecule has 2 aromatic carbocycles. The second-order valence-corrected chi connectivity index (χ2v) is 5.94. The third kappa shape index (κ3) is 1.72. The van der Waals surface area contributed by atoms with Crippen LogP contribution in [0, 0.1) is 0 Å². The van der Waals surface area contributed by atoms with Gasteiger partial charge in [-0.05, 0) is 45.1 Å². The van der Waals surface area contributed by atoms with Crippen molar-refractivity contribution in [3.05, 3.63) is 41.1 Å². The van der Waals surface area contributed by atoms with E-state index in [0.29, 0.717) is 5.39 Å². The van der Waals surface area contributed by atoms with Crippen LogP contribution in [-0.4, -0.2) is 13.0 Å². The number of benzene rings is 2. The fourth-order valence-corrected chi connectivity index (χ4v) is 3.42. The summed E-state index contributed by atoms with van der Waals surface area (Å²) in [4.78, 5) is -0.0388. The molecule has 3 rings (SSSR count). The van der Waals surface area contributed by atoms with E-state index in [1.165, 1.54) is 6.07 Å². The lowest BCUT2D eigenvalue weighted by molar-refractivity contribution is 0.484.